The second-order valence-electron chi connectivity index (χ2n) is 3.82. The Labute approximate surface area is 86.1 Å². The first kappa shape index (κ1) is 11.0. The normalized spacial score (nSPS) is 14.8. The van der Waals surface area contributed by atoms with Crippen LogP contribution in [-0.4, -0.2) is 5.11 Å². The summed E-state index contributed by atoms with van der Waals surface area (Å²) in [5.41, 5.74) is 1.25. The van der Waals surface area contributed by atoms with Crippen LogP contribution in [0.2, 0.25) is 0 Å². The summed E-state index contributed by atoms with van der Waals surface area (Å²) in [7, 11) is 0. The van der Waals surface area contributed by atoms with Gasteiger partial charge in [0.1, 0.15) is 0 Å². The van der Waals surface area contributed by atoms with Gasteiger partial charge in [-0.05, 0) is 24.5 Å². The lowest BCUT2D eigenvalue weighted by atomic mass is 9.88. The van der Waals surface area contributed by atoms with Crippen molar-refractivity contribution in [2.75, 3.05) is 0 Å². The molecule has 0 saturated carbocycles. The average Bonchev–Trinajstić information content (AvgIpc) is 2.18. The quantitative estimate of drug-likeness (QED) is 0.772. The molecule has 1 aromatic carbocycles. The molecule has 0 aromatic heterocycles. The van der Waals surface area contributed by atoms with Gasteiger partial charge in [0.15, 0.2) is 0 Å². The van der Waals surface area contributed by atoms with Gasteiger partial charge in [0.25, 0.3) is 0 Å². The summed E-state index contributed by atoms with van der Waals surface area (Å²) < 4.78 is 0. The minimum absolute atomic E-state index is 0.737. The number of rotatable bonds is 4. The molecule has 76 valence electrons. The van der Waals surface area contributed by atoms with Gasteiger partial charge in [-0.3, -0.25) is 0 Å². The predicted octanol–water partition coefficient (Wildman–Crippen LogP) is 3.34. The summed E-state index contributed by atoms with van der Waals surface area (Å²) >= 11 is 0. The second kappa shape index (κ2) is 4.43. The van der Waals surface area contributed by atoms with Crippen LogP contribution in [0.3, 0.4) is 0 Å². The van der Waals surface area contributed by atoms with E-state index in [9.17, 15) is 5.11 Å². The fraction of sp³-hybridized carbons (Fsp3) is 0.385. The zero-order chi connectivity index (χ0) is 10.6. The summed E-state index contributed by atoms with van der Waals surface area (Å²) in [4.78, 5) is 0. The van der Waals surface area contributed by atoms with E-state index in [1.54, 1.807) is 6.08 Å². The van der Waals surface area contributed by atoms with Gasteiger partial charge in [0, 0.05) is 0 Å². The lowest BCUT2D eigenvalue weighted by Gasteiger charge is -2.25. The van der Waals surface area contributed by atoms with Crippen molar-refractivity contribution < 1.29 is 5.11 Å². The molecule has 14 heavy (non-hydrogen) atoms. The SMILES string of the molecule is C=Cc1ccccc1C(C)(O)CCC. The number of benzene rings is 1. The molecule has 0 heterocycles. The summed E-state index contributed by atoms with van der Waals surface area (Å²) in [5.74, 6) is 0. The summed E-state index contributed by atoms with van der Waals surface area (Å²) in [5, 5.41) is 10.2. The molecular weight excluding hydrogens is 172 g/mol. The van der Waals surface area contributed by atoms with E-state index in [0.29, 0.717) is 0 Å². The molecule has 0 radical (unpaired) electrons. The van der Waals surface area contributed by atoms with Gasteiger partial charge in [0.2, 0.25) is 0 Å². The van der Waals surface area contributed by atoms with E-state index >= 15 is 0 Å². The maximum Gasteiger partial charge on any atom is 0.0874 e. The molecule has 0 aliphatic heterocycles. The highest BCUT2D eigenvalue weighted by Crippen LogP contribution is 2.29. The third-order valence-electron chi connectivity index (χ3n) is 2.50. The molecule has 1 nitrogen and oxygen atoms in total. The van der Waals surface area contributed by atoms with Crippen molar-refractivity contribution in [1.82, 2.24) is 0 Å². The van der Waals surface area contributed by atoms with Crippen molar-refractivity contribution in [3.8, 4) is 0 Å². The van der Waals surface area contributed by atoms with Crippen LogP contribution in [0, 0.1) is 0 Å². The largest absolute Gasteiger partial charge is 0.385 e. The van der Waals surface area contributed by atoms with Gasteiger partial charge >= 0.3 is 0 Å². The topological polar surface area (TPSA) is 20.2 Å². The Hall–Kier alpha value is -1.08. The Morgan fingerprint density at radius 1 is 1.43 bits per heavy atom. The van der Waals surface area contributed by atoms with E-state index in [1.807, 2.05) is 31.2 Å². The van der Waals surface area contributed by atoms with Crippen molar-refractivity contribution in [3.05, 3.63) is 42.0 Å². The van der Waals surface area contributed by atoms with Crippen molar-refractivity contribution in [1.29, 1.82) is 0 Å². The van der Waals surface area contributed by atoms with Crippen LogP contribution in [0.5, 0.6) is 0 Å². The molecule has 0 aliphatic carbocycles. The minimum atomic E-state index is -0.737. The van der Waals surface area contributed by atoms with Gasteiger partial charge in [-0.25, -0.2) is 0 Å². The molecule has 0 amide bonds. The molecule has 1 aromatic rings. The molecule has 0 aliphatic rings. The third-order valence-corrected chi connectivity index (χ3v) is 2.50. The Kier molecular flexibility index (Phi) is 3.48. The van der Waals surface area contributed by atoms with E-state index in [1.165, 1.54) is 0 Å². The van der Waals surface area contributed by atoms with Gasteiger partial charge in [-0.2, -0.15) is 0 Å². The fourth-order valence-electron chi connectivity index (χ4n) is 1.79. The van der Waals surface area contributed by atoms with Gasteiger partial charge in [-0.1, -0.05) is 50.3 Å². The maximum atomic E-state index is 10.2. The number of hydrogen-bond acceptors (Lipinski definition) is 1. The van der Waals surface area contributed by atoms with E-state index in [2.05, 4.69) is 13.5 Å². The van der Waals surface area contributed by atoms with Crippen molar-refractivity contribution in [3.63, 3.8) is 0 Å². The highest BCUT2D eigenvalue weighted by atomic mass is 16.3. The molecule has 1 heteroatoms. The predicted molar refractivity (Wildman–Crippen MR) is 61.0 cm³/mol. The monoisotopic (exact) mass is 190 g/mol. The van der Waals surface area contributed by atoms with E-state index in [0.717, 1.165) is 24.0 Å². The van der Waals surface area contributed by atoms with Gasteiger partial charge < -0.3 is 5.11 Å². The third kappa shape index (κ3) is 2.24. The second-order valence-corrected chi connectivity index (χ2v) is 3.82. The Bertz CT molecular complexity index is 313. The minimum Gasteiger partial charge on any atom is -0.385 e. The van der Waals surface area contributed by atoms with Crippen molar-refractivity contribution in [2.45, 2.75) is 32.3 Å². The van der Waals surface area contributed by atoms with Crippen LogP contribution in [-0.2, 0) is 5.60 Å². The fourth-order valence-corrected chi connectivity index (χ4v) is 1.79. The Balaban J connectivity index is 3.10. The lowest BCUT2D eigenvalue weighted by molar-refractivity contribution is 0.0468. The van der Waals surface area contributed by atoms with Gasteiger partial charge in [-0.15, -0.1) is 0 Å². The summed E-state index contributed by atoms with van der Waals surface area (Å²) in [6.45, 7) is 7.69. The molecule has 0 spiro atoms. The first-order valence-corrected chi connectivity index (χ1v) is 5.06. The lowest BCUT2D eigenvalue weighted by Crippen LogP contribution is -2.21. The molecule has 1 atom stereocenters. The molecule has 1 rings (SSSR count). The summed E-state index contributed by atoms with van der Waals surface area (Å²) in [6, 6.07) is 7.86. The van der Waals surface area contributed by atoms with Crippen LogP contribution < -0.4 is 0 Å². The maximum absolute atomic E-state index is 10.2. The Morgan fingerprint density at radius 2 is 2.07 bits per heavy atom. The number of aliphatic hydroxyl groups is 1. The molecule has 0 bridgehead atoms. The van der Waals surface area contributed by atoms with Gasteiger partial charge in [0.05, 0.1) is 5.60 Å². The van der Waals surface area contributed by atoms with Crippen LogP contribution >= 0.6 is 0 Å². The van der Waals surface area contributed by atoms with Crippen LogP contribution in [0.15, 0.2) is 30.8 Å². The standard InChI is InChI=1S/C13H18O/c1-4-10-13(3,14)12-9-7-6-8-11(12)5-2/h5-9,14H,2,4,10H2,1,3H3. The summed E-state index contributed by atoms with van der Waals surface area (Å²) in [6.07, 6.45) is 3.54. The van der Waals surface area contributed by atoms with E-state index in [4.69, 9.17) is 0 Å². The first-order chi connectivity index (χ1) is 6.61. The Morgan fingerprint density at radius 3 is 2.64 bits per heavy atom. The smallest absolute Gasteiger partial charge is 0.0874 e. The number of hydrogen-bond donors (Lipinski definition) is 1. The molecule has 1 unspecified atom stereocenters. The van der Waals surface area contributed by atoms with Crippen molar-refractivity contribution >= 4 is 6.08 Å². The molecule has 0 saturated heterocycles. The highest BCUT2D eigenvalue weighted by molar-refractivity contribution is 5.53. The first-order valence-electron chi connectivity index (χ1n) is 5.06. The van der Waals surface area contributed by atoms with E-state index in [-0.39, 0.29) is 0 Å². The molecule has 1 N–H and O–H groups in total. The van der Waals surface area contributed by atoms with E-state index < -0.39 is 5.60 Å². The van der Waals surface area contributed by atoms with Crippen LogP contribution in [0.1, 0.15) is 37.8 Å². The molecule has 0 fully saturated rings. The zero-order valence-corrected chi connectivity index (χ0v) is 8.96. The highest BCUT2D eigenvalue weighted by Gasteiger charge is 2.23. The van der Waals surface area contributed by atoms with Crippen molar-refractivity contribution in [2.24, 2.45) is 0 Å². The molecular formula is C13H18O. The zero-order valence-electron chi connectivity index (χ0n) is 8.96. The van der Waals surface area contributed by atoms with Crippen LogP contribution in [0.25, 0.3) is 6.08 Å². The average molecular weight is 190 g/mol. The van der Waals surface area contributed by atoms with Crippen LogP contribution in [0.4, 0.5) is 0 Å².